The van der Waals surface area contributed by atoms with Crippen LogP contribution in [0.25, 0.3) is 0 Å². The number of nitrogens with zero attached hydrogens (tertiary/aromatic N) is 1. The van der Waals surface area contributed by atoms with Gasteiger partial charge in [-0.15, -0.1) is 13.2 Å². The molecule has 2 aromatic rings. The second-order valence-corrected chi connectivity index (χ2v) is 4.76. The SMILES string of the molecule is CC(NC(C)c1cn[nH]c1)c1ccc(OC(F)(F)F)cc1. The van der Waals surface area contributed by atoms with E-state index < -0.39 is 6.36 Å². The monoisotopic (exact) mass is 299 g/mol. The van der Waals surface area contributed by atoms with Crippen molar-refractivity contribution in [1.82, 2.24) is 15.5 Å². The maximum Gasteiger partial charge on any atom is 0.573 e. The number of H-pyrrole nitrogens is 1. The average molecular weight is 299 g/mol. The number of aromatic nitrogens is 2. The Morgan fingerprint density at radius 2 is 1.71 bits per heavy atom. The Balaban J connectivity index is 1.98. The van der Waals surface area contributed by atoms with E-state index in [0.29, 0.717) is 0 Å². The summed E-state index contributed by atoms with van der Waals surface area (Å²) in [6.45, 7) is 3.93. The fourth-order valence-electron chi connectivity index (χ4n) is 2.02. The van der Waals surface area contributed by atoms with Crippen LogP contribution < -0.4 is 10.1 Å². The third kappa shape index (κ3) is 4.49. The number of nitrogens with one attached hydrogen (secondary N) is 2. The van der Waals surface area contributed by atoms with Crippen molar-refractivity contribution < 1.29 is 17.9 Å². The Hall–Kier alpha value is -2.02. The molecule has 2 atom stereocenters. The summed E-state index contributed by atoms with van der Waals surface area (Å²) in [5.41, 5.74) is 1.89. The van der Waals surface area contributed by atoms with E-state index in [1.165, 1.54) is 12.1 Å². The molecular weight excluding hydrogens is 283 g/mol. The first-order valence-corrected chi connectivity index (χ1v) is 6.45. The molecule has 0 aliphatic heterocycles. The van der Waals surface area contributed by atoms with Crippen LogP contribution in [0.1, 0.15) is 37.1 Å². The van der Waals surface area contributed by atoms with Gasteiger partial charge in [-0.2, -0.15) is 5.10 Å². The standard InChI is InChI=1S/C14H16F3N3O/c1-9(20-10(2)12-7-18-19-8-12)11-3-5-13(6-4-11)21-14(15,16)17/h3-10,20H,1-2H3,(H,18,19). The van der Waals surface area contributed by atoms with Crippen LogP contribution in [0.4, 0.5) is 13.2 Å². The number of alkyl halides is 3. The molecule has 7 heteroatoms. The van der Waals surface area contributed by atoms with Crippen molar-refractivity contribution in [2.75, 3.05) is 0 Å². The summed E-state index contributed by atoms with van der Waals surface area (Å²) in [5, 5.41) is 9.96. The van der Waals surface area contributed by atoms with Gasteiger partial charge in [-0.3, -0.25) is 5.10 Å². The lowest BCUT2D eigenvalue weighted by Gasteiger charge is -2.20. The molecule has 2 unspecified atom stereocenters. The fourth-order valence-corrected chi connectivity index (χ4v) is 2.02. The minimum atomic E-state index is -4.67. The van der Waals surface area contributed by atoms with E-state index in [2.05, 4.69) is 20.3 Å². The number of rotatable bonds is 5. The zero-order chi connectivity index (χ0) is 15.5. The van der Waals surface area contributed by atoms with Crippen LogP contribution in [0, 0.1) is 0 Å². The number of hydrogen-bond donors (Lipinski definition) is 2. The van der Waals surface area contributed by atoms with E-state index >= 15 is 0 Å². The summed E-state index contributed by atoms with van der Waals surface area (Å²) < 4.78 is 40.1. The summed E-state index contributed by atoms with van der Waals surface area (Å²) in [4.78, 5) is 0. The van der Waals surface area contributed by atoms with Gasteiger partial charge in [0.15, 0.2) is 0 Å². The van der Waals surface area contributed by atoms with Gasteiger partial charge >= 0.3 is 6.36 Å². The summed E-state index contributed by atoms with van der Waals surface area (Å²) in [6, 6.07) is 5.90. The summed E-state index contributed by atoms with van der Waals surface area (Å²) in [6.07, 6.45) is -1.14. The van der Waals surface area contributed by atoms with Crippen LogP contribution in [-0.2, 0) is 0 Å². The molecule has 1 aromatic carbocycles. The van der Waals surface area contributed by atoms with Gasteiger partial charge in [0.25, 0.3) is 0 Å². The quantitative estimate of drug-likeness (QED) is 0.884. The lowest BCUT2D eigenvalue weighted by atomic mass is 10.1. The van der Waals surface area contributed by atoms with Gasteiger partial charge in [-0.05, 0) is 31.5 Å². The van der Waals surface area contributed by atoms with Gasteiger partial charge in [0.2, 0.25) is 0 Å². The molecule has 0 bridgehead atoms. The molecule has 21 heavy (non-hydrogen) atoms. The first-order valence-electron chi connectivity index (χ1n) is 6.45. The number of benzene rings is 1. The van der Waals surface area contributed by atoms with Crippen molar-refractivity contribution >= 4 is 0 Å². The molecule has 2 rings (SSSR count). The number of aromatic amines is 1. The predicted molar refractivity (Wildman–Crippen MR) is 71.7 cm³/mol. The summed E-state index contributed by atoms with van der Waals surface area (Å²) in [7, 11) is 0. The Morgan fingerprint density at radius 1 is 1.10 bits per heavy atom. The van der Waals surface area contributed by atoms with Crippen molar-refractivity contribution in [3.05, 3.63) is 47.8 Å². The van der Waals surface area contributed by atoms with Crippen LogP contribution in [0.3, 0.4) is 0 Å². The second-order valence-electron chi connectivity index (χ2n) is 4.76. The van der Waals surface area contributed by atoms with Crippen LogP contribution in [0.15, 0.2) is 36.7 Å². The fraction of sp³-hybridized carbons (Fsp3) is 0.357. The molecule has 2 N–H and O–H groups in total. The maximum absolute atomic E-state index is 12.1. The third-order valence-corrected chi connectivity index (χ3v) is 3.13. The smallest absolute Gasteiger partial charge is 0.406 e. The molecule has 4 nitrogen and oxygen atoms in total. The molecule has 1 aromatic heterocycles. The van der Waals surface area contributed by atoms with E-state index in [-0.39, 0.29) is 17.8 Å². The van der Waals surface area contributed by atoms with Crippen molar-refractivity contribution in [2.24, 2.45) is 0 Å². The second kappa shape index (κ2) is 6.17. The highest BCUT2D eigenvalue weighted by Crippen LogP contribution is 2.25. The molecule has 114 valence electrons. The van der Waals surface area contributed by atoms with E-state index in [1.807, 2.05) is 13.8 Å². The molecule has 0 saturated carbocycles. The van der Waals surface area contributed by atoms with Gasteiger partial charge in [-0.25, -0.2) is 0 Å². The molecule has 0 saturated heterocycles. The number of halogens is 3. The molecule has 1 heterocycles. The van der Waals surface area contributed by atoms with Crippen LogP contribution >= 0.6 is 0 Å². The van der Waals surface area contributed by atoms with Crippen molar-refractivity contribution in [1.29, 1.82) is 0 Å². The zero-order valence-electron chi connectivity index (χ0n) is 11.6. The van der Waals surface area contributed by atoms with E-state index in [0.717, 1.165) is 11.1 Å². The largest absolute Gasteiger partial charge is 0.573 e. The predicted octanol–water partition coefficient (Wildman–Crippen LogP) is 3.72. The molecule has 0 amide bonds. The highest BCUT2D eigenvalue weighted by molar-refractivity contribution is 5.29. The Bertz CT molecular complexity index is 552. The van der Waals surface area contributed by atoms with Crippen LogP contribution in [-0.4, -0.2) is 16.6 Å². The minimum Gasteiger partial charge on any atom is -0.406 e. The van der Waals surface area contributed by atoms with Gasteiger partial charge in [0, 0.05) is 23.8 Å². The zero-order valence-corrected chi connectivity index (χ0v) is 11.6. The molecule has 0 aliphatic carbocycles. The highest BCUT2D eigenvalue weighted by Gasteiger charge is 2.31. The Labute approximate surface area is 120 Å². The van der Waals surface area contributed by atoms with Crippen molar-refractivity contribution in [3.8, 4) is 5.75 Å². The van der Waals surface area contributed by atoms with Gasteiger partial charge < -0.3 is 10.1 Å². The lowest BCUT2D eigenvalue weighted by Crippen LogP contribution is -2.22. The van der Waals surface area contributed by atoms with Crippen LogP contribution in [0.5, 0.6) is 5.75 Å². The van der Waals surface area contributed by atoms with Crippen molar-refractivity contribution in [2.45, 2.75) is 32.3 Å². The van der Waals surface area contributed by atoms with E-state index in [4.69, 9.17) is 0 Å². The van der Waals surface area contributed by atoms with Gasteiger partial charge in [-0.1, -0.05) is 12.1 Å². The highest BCUT2D eigenvalue weighted by atomic mass is 19.4. The average Bonchev–Trinajstić information content (AvgIpc) is 2.91. The number of ether oxygens (including phenoxy) is 1. The topological polar surface area (TPSA) is 49.9 Å². The van der Waals surface area contributed by atoms with E-state index in [1.54, 1.807) is 24.5 Å². The molecule has 0 aliphatic rings. The Kier molecular flexibility index (Phi) is 4.52. The van der Waals surface area contributed by atoms with Crippen LogP contribution in [0.2, 0.25) is 0 Å². The molecule has 0 radical (unpaired) electrons. The minimum absolute atomic E-state index is 0.0187. The Morgan fingerprint density at radius 3 is 2.24 bits per heavy atom. The number of hydrogen-bond acceptors (Lipinski definition) is 3. The first kappa shape index (κ1) is 15.4. The van der Waals surface area contributed by atoms with Gasteiger partial charge in [0.1, 0.15) is 5.75 Å². The maximum atomic E-state index is 12.1. The molecule has 0 spiro atoms. The summed E-state index contributed by atoms with van der Waals surface area (Å²) in [5.74, 6) is -0.221. The molecular formula is C14H16F3N3O. The van der Waals surface area contributed by atoms with E-state index in [9.17, 15) is 13.2 Å². The lowest BCUT2D eigenvalue weighted by molar-refractivity contribution is -0.274. The molecule has 0 fully saturated rings. The van der Waals surface area contributed by atoms with Gasteiger partial charge in [0.05, 0.1) is 6.20 Å². The van der Waals surface area contributed by atoms with Crippen molar-refractivity contribution in [3.63, 3.8) is 0 Å². The third-order valence-electron chi connectivity index (χ3n) is 3.13. The normalized spacial score (nSPS) is 14.7. The summed E-state index contributed by atoms with van der Waals surface area (Å²) >= 11 is 0. The first-order chi connectivity index (χ1) is 9.85.